The number of aliphatic hydroxyl groups is 3. The average Bonchev–Trinajstić information content (AvgIpc) is 3.16. The summed E-state index contributed by atoms with van der Waals surface area (Å²) in [5.41, 5.74) is 0.326. The molecule has 186 valence electrons. The average molecular weight is 496 g/mol. The van der Waals surface area contributed by atoms with E-state index in [2.05, 4.69) is 4.72 Å². The number of fused-ring (bicyclic) bond motifs is 3. The number of esters is 1. The molecule has 1 unspecified atom stereocenters. The summed E-state index contributed by atoms with van der Waals surface area (Å²) in [7, 11) is -3.48. The van der Waals surface area contributed by atoms with Crippen molar-refractivity contribution < 1.29 is 42.8 Å². The molecule has 1 aromatic heterocycles. The zero-order valence-corrected chi connectivity index (χ0v) is 19.8. The number of cyclic esters (lactones) is 1. The monoisotopic (exact) mass is 495 g/mol. The predicted octanol–water partition coefficient (Wildman–Crippen LogP) is 1.42. The minimum Gasteiger partial charge on any atom is -0.507 e. The highest BCUT2D eigenvalue weighted by Crippen LogP contribution is 2.35. The number of phenols is 1. The van der Waals surface area contributed by atoms with Gasteiger partial charge in [-0.3, -0.25) is 0 Å². The highest BCUT2D eigenvalue weighted by Gasteiger charge is 2.27. The number of carbonyl (C=O) groups excluding carboxylic acids is 1. The van der Waals surface area contributed by atoms with Crippen LogP contribution in [-0.4, -0.2) is 65.5 Å². The van der Waals surface area contributed by atoms with Crippen molar-refractivity contribution >= 4 is 33.0 Å². The Morgan fingerprint density at radius 1 is 1.15 bits per heavy atom. The summed E-state index contributed by atoms with van der Waals surface area (Å²) in [5, 5.41) is 41.7. The molecule has 0 saturated heterocycles. The largest absolute Gasteiger partial charge is 0.507 e. The van der Waals surface area contributed by atoms with Gasteiger partial charge >= 0.3 is 5.97 Å². The van der Waals surface area contributed by atoms with Crippen molar-refractivity contribution in [2.24, 2.45) is 5.92 Å². The van der Waals surface area contributed by atoms with Crippen LogP contribution in [0.25, 0.3) is 17.0 Å². The van der Waals surface area contributed by atoms with Crippen LogP contribution in [0.15, 0.2) is 34.8 Å². The molecule has 0 fully saturated rings. The number of sulfonamides is 1. The number of rotatable bonds is 3. The van der Waals surface area contributed by atoms with E-state index >= 15 is 0 Å². The fraction of sp³-hybridized carbons (Fsp3) is 0.435. The minimum atomic E-state index is -3.48. The lowest BCUT2D eigenvalue weighted by Crippen LogP contribution is -2.36. The first-order chi connectivity index (χ1) is 15.9. The van der Waals surface area contributed by atoms with Crippen LogP contribution in [0.5, 0.6) is 5.75 Å². The Morgan fingerprint density at radius 3 is 2.53 bits per heavy atom. The fourth-order valence-electron chi connectivity index (χ4n) is 3.51. The molecule has 10 nitrogen and oxygen atoms in total. The van der Waals surface area contributed by atoms with Gasteiger partial charge in [-0.2, -0.15) is 0 Å². The molecule has 0 amide bonds. The van der Waals surface area contributed by atoms with Crippen molar-refractivity contribution in [3.63, 3.8) is 0 Å². The van der Waals surface area contributed by atoms with Gasteiger partial charge in [-0.25, -0.2) is 17.9 Å². The Bertz CT molecular complexity index is 1210. The van der Waals surface area contributed by atoms with Gasteiger partial charge in [0.15, 0.2) is 0 Å². The Labute approximate surface area is 197 Å². The van der Waals surface area contributed by atoms with Crippen LogP contribution in [0, 0.1) is 5.92 Å². The quantitative estimate of drug-likeness (QED) is 0.313. The van der Waals surface area contributed by atoms with Crippen molar-refractivity contribution in [2.75, 3.05) is 6.26 Å². The van der Waals surface area contributed by atoms with Gasteiger partial charge < -0.3 is 29.6 Å². The highest BCUT2D eigenvalue weighted by atomic mass is 32.2. The summed E-state index contributed by atoms with van der Waals surface area (Å²) in [6.07, 6.45) is 2.09. The molecule has 0 saturated carbocycles. The number of hydrogen-bond donors (Lipinski definition) is 5. The molecule has 5 atom stereocenters. The van der Waals surface area contributed by atoms with Crippen molar-refractivity contribution in [1.82, 2.24) is 4.72 Å². The van der Waals surface area contributed by atoms with Crippen LogP contribution >= 0.6 is 0 Å². The lowest BCUT2D eigenvalue weighted by molar-refractivity contribution is -0.0395. The maximum atomic E-state index is 13.0. The first-order valence-electron chi connectivity index (χ1n) is 10.7. The zero-order valence-electron chi connectivity index (χ0n) is 19.0. The van der Waals surface area contributed by atoms with Crippen LogP contribution < -0.4 is 4.72 Å². The third kappa shape index (κ3) is 6.05. The molecule has 2 heterocycles. The Morgan fingerprint density at radius 2 is 1.85 bits per heavy atom. The van der Waals surface area contributed by atoms with Gasteiger partial charge in [0.25, 0.3) is 0 Å². The van der Waals surface area contributed by atoms with Crippen molar-refractivity contribution in [2.45, 2.75) is 51.2 Å². The highest BCUT2D eigenvalue weighted by molar-refractivity contribution is 7.88. The van der Waals surface area contributed by atoms with Gasteiger partial charge in [-0.05, 0) is 19.4 Å². The van der Waals surface area contributed by atoms with Gasteiger partial charge in [0.05, 0.1) is 18.9 Å². The number of aromatic hydroxyl groups is 1. The second kappa shape index (κ2) is 10.3. The number of nitrogens with one attached hydrogen (secondary N) is 1. The normalized spacial score (nSPS) is 28.6. The molecule has 0 radical (unpaired) electrons. The second-order valence-electron chi connectivity index (χ2n) is 8.44. The number of ether oxygens (including phenoxy) is 1. The first-order valence-corrected chi connectivity index (χ1v) is 12.6. The second-order valence-corrected chi connectivity index (χ2v) is 10.3. The van der Waals surface area contributed by atoms with Crippen molar-refractivity contribution in [3.05, 3.63) is 47.2 Å². The first kappa shape index (κ1) is 25.9. The third-order valence-corrected chi connectivity index (χ3v) is 6.33. The van der Waals surface area contributed by atoms with Crippen LogP contribution in [0.4, 0.5) is 0 Å². The predicted molar refractivity (Wildman–Crippen MR) is 124 cm³/mol. The molecular formula is C23H29NO9S. The van der Waals surface area contributed by atoms with Crippen molar-refractivity contribution in [1.29, 1.82) is 0 Å². The maximum absolute atomic E-state index is 13.0. The maximum Gasteiger partial charge on any atom is 0.342 e. The molecule has 1 aliphatic rings. The van der Waals surface area contributed by atoms with Gasteiger partial charge in [-0.1, -0.05) is 31.2 Å². The SMILES string of the molecule is C[C@@H]1/C=C\C(O)[C@@H](O)[C@@H](O)C/C=C/c2c(c(O)cc3oc(CNS(C)(=O)=O)cc23)C(=O)O[C@H]1C. The Kier molecular flexibility index (Phi) is 7.84. The molecule has 0 bridgehead atoms. The van der Waals surface area contributed by atoms with Gasteiger partial charge in [0, 0.05) is 22.9 Å². The molecule has 0 aliphatic carbocycles. The number of benzene rings is 1. The van der Waals surface area contributed by atoms with E-state index in [1.807, 2.05) is 0 Å². The number of hydrogen-bond acceptors (Lipinski definition) is 9. The molecule has 11 heteroatoms. The van der Waals surface area contributed by atoms with Gasteiger partial charge in [0.1, 0.15) is 41.0 Å². The van der Waals surface area contributed by atoms with E-state index in [9.17, 15) is 33.6 Å². The van der Waals surface area contributed by atoms with Crippen LogP contribution in [-0.2, 0) is 21.3 Å². The molecule has 5 N–H and O–H groups in total. The van der Waals surface area contributed by atoms with Crippen LogP contribution in [0.1, 0.15) is 41.9 Å². The van der Waals surface area contributed by atoms with Gasteiger partial charge in [-0.15, -0.1) is 0 Å². The molecular weight excluding hydrogens is 466 g/mol. The number of aliphatic hydroxyl groups excluding tert-OH is 3. The van der Waals surface area contributed by atoms with E-state index in [0.717, 1.165) is 6.26 Å². The van der Waals surface area contributed by atoms with Crippen molar-refractivity contribution in [3.8, 4) is 5.75 Å². The van der Waals surface area contributed by atoms with E-state index in [1.54, 1.807) is 19.9 Å². The molecule has 34 heavy (non-hydrogen) atoms. The lowest BCUT2D eigenvalue weighted by Gasteiger charge is -2.22. The van der Waals surface area contributed by atoms with E-state index in [0.29, 0.717) is 5.39 Å². The topological polar surface area (TPSA) is 167 Å². The Hall–Kier alpha value is -2.70. The van der Waals surface area contributed by atoms with E-state index in [4.69, 9.17) is 9.15 Å². The fourth-order valence-corrected chi connectivity index (χ4v) is 3.91. The molecule has 1 aliphatic heterocycles. The summed E-state index contributed by atoms with van der Waals surface area (Å²) in [6, 6.07) is 2.79. The van der Waals surface area contributed by atoms with Gasteiger partial charge in [0.2, 0.25) is 10.0 Å². The Balaban J connectivity index is 2.11. The number of carbonyl (C=O) groups is 1. The van der Waals surface area contributed by atoms with Crippen LogP contribution in [0.3, 0.4) is 0 Å². The standard InChI is InChI=1S/C23H29NO9S/c1-12-7-8-18(26)22(28)17(25)6-4-5-15-16-9-14(11-24-34(3,30)31)33-20(16)10-19(27)21(15)23(29)32-13(12)2/h4-5,7-10,12-13,17-18,22,24-28H,6,11H2,1-3H3/b5-4+,8-7-/t12-,13+,17+,18?,22+/m1/s1. The smallest absolute Gasteiger partial charge is 0.342 e. The molecule has 2 aromatic rings. The summed E-state index contributed by atoms with van der Waals surface area (Å²) < 4.78 is 36.3. The number of furan rings is 1. The third-order valence-electron chi connectivity index (χ3n) is 5.66. The summed E-state index contributed by atoms with van der Waals surface area (Å²) in [4.78, 5) is 13.0. The summed E-state index contributed by atoms with van der Waals surface area (Å²) in [6.45, 7) is 3.26. The van der Waals surface area contributed by atoms with Crippen LogP contribution in [0.2, 0.25) is 0 Å². The molecule has 1 aromatic carbocycles. The zero-order chi connectivity index (χ0) is 25.2. The summed E-state index contributed by atoms with van der Waals surface area (Å²) in [5.74, 6) is -1.28. The molecule has 0 spiro atoms. The van der Waals surface area contributed by atoms with E-state index < -0.39 is 46.2 Å². The summed E-state index contributed by atoms with van der Waals surface area (Å²) >= 11 is 0. The van der Waals surface area contributed by atoms with E-state index in [1.165, 1.54) is 30.4 Å². The van der Waals surface area contributed by atoms with E-state index in [-0.39, 0.29) is 41.4 Å². The molecule has 3 rings (SSSR count). The minimum absolute atomic E-state index is 0.0655. The lowest BCUT2D eigenvalue weighted by atomic mass is 9.97. The number of phenolic OH excluding ortho intramolecular Hbond substituents is 1.